The van der Waals surface area contributed by atoms with Gasteiger partial charge in [0.1, 0.15) is 5.78 Å². The van der Waals surface area contributed by atoms with Crippen molar-refractivity contribution in [3.05, 3.63) is 0 Å². The van der Waals surface area contributed by atoms with E-state index in [4.69, 9.17) is 8.85 Å². The highest BCUT2D eigenvalue weighted by Gasteiger charge is 2.52. The van der Waals surface area contributed by atoms with Gasteiger partial charge in [0.2, 0.25) is 0 Å². The zero-order chi connectivity index (χ0) is 20.1. The molecule has 152 valence electrons. The highest BCUT2D eigenvalue weighted by atomic mass is 28.4. The van der Waals surface area contributed by atoms with Crippen molar-refractivity contribution in [1.29, 1.82) is 0 Å². The Balaban J connectivity index is 2.29. The number of hydrogen-bond acceptors (Lipinski definition) is 4. The van der Waals surface area contributed by atoms with Crippen molar-refractivity contribution >= 4 is 22.4 Å². The fourth-order valence-electron chi connectivity index (χ4n) is 3.36. The maximum Gasteiger partial charge on any atom is 0.192 e. The number of nitrogens with zero attached hydrogens (tertiary/aromatic N) is 1. The molecule has 0 saturated carbocycles. The zero-order valence-electron chi connectivity index (χ0n) is 18.7. The van der Waals surface area contributed by atoms with Gasteiger partial charge < -0.3 is 8.85 Å². The van der Waals surface area contributed by atoms with Gasteiger partial charge in [-0.1, -0.05) is 41.5 Å². The van der Waals surface area contributed by atoms with E-state index in [0.29, 0.717) is 18.6 Å². The second kappa shape index (κ2) is 7.10. The van der Waals surface area contributed by atoms with Crippen LogP contribution in [0.2, 0.25) is 36.3 Å². The van der Waals surface area contributed by atoms with Crippen LogP contribution in [0.4, 0.5) is 0 Å². The first-order valence-electron chi connectivity index (χ1n) is 10.2. The summed E-state index contributed by atoms with van der Waals surface area (Å²) in [6, 6.07) is 0.195. The van der Waals surface area contributed by atoms with E-state index in [0.717, 1.165) is 13.1 Å². The Labute approximate surface area is 163 Å². The lowest BCUT2D eigenvalue weighted by Gasteiger charge is -2.44. The van der Waals surface area contributed by atoms with Crippen molar-refractivity contribution in [3.8, 4) is 0 Å². The van der Waals surface area contributed by atoms with Crippen molar-refractivity contribution in [1.82, 2.24) is 4.90 Å². The van der Waals surface area contributed by atoms with E-state index in [9.17, 15) is 4.79 Å². The molecule has 0 aromatic rings. The van der Waals surface area contributed by atoms with E-state index in [-0.39, 0.29) is 28.3 Å². The first-order chi connectivity index (χ1) is 11.6. The molecule has 0 radical (unpaired) electrons. The molecule has 0 spiro atoms. The summed E-state index contributed by atoms with van der Waals surface area (Å²) < 4.78 is 13.7. The SMILES string of the molecule is CC(C)(C)[Si](C)(C)O[C@@H]1[C@@H](O[Si](C)(C)C(C)(C)C)CN2CCC(=O)C[C@@H]12. The monoisotopic (exact) mass is 399 g/mol. The smallest absolute Gasteiger partial charge is 0.192 e. The number of carbonyl (C=O) groups is 1. The average Bonchev–Trinajstić information content (AvgIpc) is 2.73. The number of ketones is 1. The number of hydrogen-bond donors (Lipinski definition) is 0. The van der Waals surface area contributed by atoms with Crippen LogP contribution in [0.3, 0.4) is 0 Å². The van der Waals surface area contributed by atoms with Crippen LogP contribution in [0.25, 0.3) is 0 Å². The zero-order valence-corrected chi connectivity index (χ0v) is 20.7. The van der Waals surface area contributed by atoms with Crippen molar-refractivity contribution in [2.24, 2.45) is 0 Å². The van der Waals surface area contributed by atoms with Crippen LogP contribution >= 0.6 is 0 Å². The molecular weight excluding hydrogens is 358 g/mol. The van der Waals surface area contributed by atoms with Crippen molar-refractivity contribution < 1.29 is 13.6 Å². The minimum absolute atomic E-state index is 0.0225. The van der Waals surface area contributed by atoms with Gasteiger partial charge in [0.25, 0.3) is 0 Å². The van der Waals surface area contributed by atoms with E-state index in [2.05, 4.69) is 72.6 Å². The van der Waals surface area contributed by atoms with Gasteiger partial charge in [0.15, 0.2) is 16.6 Å². The lowest BCUT2D eigenvalue weighted by Crippen LogP contribution is -2.53. The molecule has 2 aliphatic rings. The van der Waals surface area contributed by atoms with Gasteiger partial charge in [-0.05, 0) is 36.3 Å². The molecular formula is C20H41NO3Si2. The number of fused-ring (bicyclic) bond motifs is 1. The quantitative estimate of drug-likeness (QED) is 0.636. The molecule has 0 aliphatic carbocycles. The van der Waals surface area contributed by atoms with E-state index >= 15 is 0 Å². The third kappa shape index (κ3) is 4.51. The van der Waals surface area contributed by atoms with E-state index in [1.54, 1.807) is 0 Å². The second-order valence-corrected chi connectivity index (χ2v) is 20.8. The molecule has 2 rings (SSSR count). The Morgan fingerprint density at radius 3 is 1.92 bits per heavy atom. The molecule has 6 heteroatoms. The lowest BCUT2D eigenvalue weighted by molar-refractivity contribution is -0.123. The molecule has 0 amide bonds. The van der Waals surface area contributed by atoms with Crippen LogP contribution in [0, 0.1) is 0 Å². The first-order valence-corrected chi connectivity index (χ1v) is 16.0. The Morgan fingerprint density at radius 1 is 0.923 bits per heavy atom. The Bertz CT molecular complexity index is 534. The van der Waals surface area contributed by atoms with E-state index in [1.807, 2.05) is 0 Å². The number of carbonyl (C=O) groups excluding carboxylic acids is 1. The predicted octanol–water partition coefficient (Wildman–Crippen LogP) is 4.81. The fourth-order valence-corrected chi connectivity index (χ4v) is 6.02. The van der Waals surface area contributed by atoms with Crippen molar-refractivity contribution in [2.75, 3.05) is 13.1 Å². The van der Waals surface area contributed by atoms with Crippen LogP contribution in [0.5, 0.6) is 0 Å². The normalized spacial score (nSPS) is 29.2. The summed E-state index contributed by atoms with van der Waals surface area (Å²) in [6.07, 6.45) is 1.41. The number of piperidine rings is 1. The van der Waals surface area contributed by atoms with Gasteiger partial charge in [-0.2, -0.15) is 0 Å². The largest absolute Gasteiger partial charge is 0.410 e. The summed E-state index contributed by atoms with van der Waals surface area (Å²) in [4.78, 5) is 14.6. The highest BCUT2D eigenvalue weighted by Crippen LogP contribution is 2.43. The van der Waals surface area contributed by atoms with Crippen LogP contribution < -0.4 is 0 Å². The maximum absolute atomic E-state index is 12.2. The summed E-state index contributed by atoms with van der Waals surface area (Å²) in [5.74, 6) is 0.378. The van der Waals surface area contributed by atoms with Crippen LogP contribution in [-0.4, -0.2) is 58.7 Å². The highest BCUT2D eigenvalue weighted by molar-refractivity contribution is 6.74. The summed E-state index contributed by atoms with van der Waals surface area (Å²) in [6.45, 7) is 24.7. The first kappa shape index (κ1) is 22.3. The van der Waals surface area contributed by atoms with Gasteiger partial charge in [-0.25, -0.2) is 0 Å². The Kier molecular flexibility index (Phi) is 6.08. The molecule has 2 aliphatic heterocycles. The fraction of sp³-hybridized carbons (Fsp3) is 0.950. The van der Waals surface area contributed by atoms with Gasteiger partial charge in [0, 0.05) is 32.0 Å². The molecule has 0 aromatic heterocycles. The molecule has 0 aromatic carbocycles. The van der Waals surface area contributed by atoms with Crippen molar-refractivity contribution in [2.45, 2.75) is 109 Å². The Morgan fingerprint density at radius 2 is 1.42 bits per heavy atom. The van der Waals surface area contributed by atoms with Gasteiger partial charge in [-0.15, -0.1) is 0 Å². The minimum Gasteiger partial charge on any atom is -0.410 e. The number of Topliss-reactive ketones (excluding diaryl/α,β-unsaturated/α-hetero) is 1. The summed E-state index contributed by atoms with van der Waals surface area (Å²) in [5, 5.41) is 0.327. The molecule has 0 bridgehead atoms. The van der Waals surface area contributed by atoms with Crippen LogP contribution in [0.1, 0.15) is 54.4 Å². The van der Waals surface area contributed by atoms with Gasteiger partial charge in [0.05, 0.1) is 12.2 Å². The molecule has 26 heavy (non-hydrogen) atoms. The predicted molar refractivity (Wildman–Crippen MR) is 114 cm³/mol. The lowest BCUT2D eigenvalue weighted by atomic mass is 9.99. The third-order valence-electron chi connectivity index (χ3n) is 7.23. The standard InChI is InChI=1S/C20H41NO3Si2/c1-19(2,3)25(7,8)23-17-14-21-12-11-15(22)13-16(21)18(17)24-26(9,10)20(4,5)6/h16-18H,11-14H2,1-10H3/t16-,17-,18-/m0/s1. The third-order valence-corrected chi connectivity index (χ3v) is 16.2. The molecule has 2 fully saturated rings. The summed E-state index contributed by atoms with van der Waals surface area (Å²) >= 11 is 0. The van der Waals surface area contributed by atoms with Crippen LogP contribution in [0.15, 0.2) is 0 Å². The minimum atomic E-state index is -1.93. The summed E-state index contributed by atoms with van der Waals surface area (Å²) in [5.41, 5.74) is 0. The number of rotatable bonds is 4. The van der Waals surface area contributed by atoms with Crippen LogP contribution in [-0.2, 0) is 13.6 Å². The maximum atomic E-state index is 12.2. The second-order valence-electron chi connectivity index (χ2n) is 11.3. The van der Waals surface area contributed by atoms with E-state index < -0.39 is 16.6 Å². The molecule has 4 nitrogen and oxygen atoms in total. The summed E-state index contributed by atoms with van der Waals surface area (Å²) in [7, 11) is -3.82. The molecule has 3 atom stereocenters. The van der Waals surface area contributed by atoms with E-state index in [1.165, 1.54) is 0 Å². The molecule has 0 unspecified atom stereocenters. The Hall–Kier alpha value is -0.0162. The molecule has 2 saturated heterocycles. The van der Waals surface area contributed by atoms with Gasteiger partial charge >= 0.3 is 0 Å². The van der Waals surface area contributed by atoms with Crippen molar-refractivity contribution in [3.63, 3.8) is 0 Å². The van der Waals surface area contributed by atoms with Gasteiger partial charge in [-0.3, -0.25) is 9.69 Å². The molecule has 2 heterocycles. The molecule has 0 N–H and O–H groups in total. The average molecular weight is 400 g/mol. The topological polar surface area (TPSA) is 38.8 Å².